The number of carbonyl (C=O) groups is 1. The SMILES string of the molecule is COc1ccc(S(=O)(=O)C(CNC(=O)c2ccco2)c2cccnc2)cc1. The van der Waals surface area contributed by atoms with E-state index in [9.17, 15) is 13.2 Å². The Morgan fingerprint density at radius 2 is 1.96 bits per heavy atom. The van der Waals surface area contributed by atoms with Gasteiger partial charge in [-0.1, -0.05) is 6.07 Å². The van der Waals surface area contributed by atoms with Gasteiger partial charge in [-0.05, 0) is 48.0 Å². The van der Waals surface area contributed by atoms with Crippen molar-refractivity contribution in [1.82, 2.24) is 10.3 Å². The molecule has 3 rings (SSSR count). The van der Waals surface area contributed by atoms with Crippen LogP contribution < -0.4 is 10.1 Å². The summed E-state index contributed by atoms with van der Waals surface area (Å²) in [5, 5.41) is 1.62. The fourth-order valence-electron chi connectivity index (χ4n) is 2.58. The number of nitrogens with one attached hydrogen (secondary N) is 1. The average molecular weight is 386 g/mol. The Morgan fingerprint density at radius 3 is 2.56 bits per heavy atom. The molecule has 7 nitrogen and oxygen atoms in total. The molecule has 1 amide bonds. The van der Waals surface area contributed by atoms with Crippen LogP contribution in [0.25, 0.3) is 0 Å². The largest absolute Gasteiger partial charge is 0.497 e. The summed E-state index contributed by atoms with van der Waals surface area (Å²) >= 11 is 0. The van der Waals surface area contributed by atoms with Crippen LogP contribution in [-0.2, 0) is 9.84 Å². The molecule has 2 heterocycles. The van der Waals surface area contributed by atoms with Gasteiger partial charge in [0.05, 0.1) is 18.3 Å². The van der Waals surface area contributed by atoms with E-state index in [1.165, 1.54) is 37.8 Å². The van der Waals surface area contributed by atoms with Gasteiger partial charge in [0.15, 0.2) is 15.6 Å². The van der Waals surface area contributed by atoms with Gasteiger partial charge in [-0.25, -0.2) is 8.42 Å². The molecule has 1 atom stereocenters. The molecule has 0 aliphatic rings. The number of sulfone groups is 1. The zero-order valence-corrected chi connectivity index (χ0v) is 15.3. The maximum Gasteiger partial charge on any atom is 0.287 e. The Balaban J connectivity index is 1.90. The van der Waals surface area contributed by atoms with E-state index in [1.54, 1.807) is 36.5 Å². The molecule has 0 bridgehead atoms. The molecule has 8 heteroatoms. The van der Waals surface area contributed by atoms with Gasteiger partial charge >= 0.3 is 0 Å². The molecule has 3 aromatic rings. The predicted octanol–water partition coefficient (Wildman–Crippen LogP) is 2.63. The number of amides is 1. The fraction of sp³-hybridized carbons (Fsp3) is 0.158. The van der Waals surface area contributed by atoms with E-state index < -0.39 is 21.0 Å². The number of rotatable bonds is 7. The highest BCUT2D eigenvalue weighted by molar-refractivity contribution is 7.91. The van der Waals surface area contributed by atoms with Gasteiger partial charge in [-0.3, -0.25) is 9.78 Å². The van der Waals surface area contributed by atoms with Crippen LogP contribution in [0.2, 0.25) is 0 Å². The Morgan fingerprint density at radius 1 is 1.19 bits per heavy atom. The van der Waals surface area contributed by atoms with E-state index in [0.29, 0.717) is 11.3 Å². The van der Waals surface area contributed by atoms with Gasteiger partial charge in [0.1, 0.15) is 11.0 Å². The van der Waals surface area contributed by atoms with E-state index in [-0.39, 0.29) is 17.2 Å². The molecular weight excluding hydrogens is 368 g/mol. The third-order valence-corrected chi connectivity index (χ3v) is 6.13. The van der Waals surface area contributed by atoms with Crippen molar-refractivity contribution < 1.29 is 22.4 Å². The lowest BCUT2D eigenvalue weighted by Gasteiger charge is -2.18. The van der Waals surface area contributed by atoms with E-state index in [0.717, 1.165) is 0 Å². The molecule has 0 aliphatic heterocycles. The molecule has 0 radical (unpaired) electrons. The van der Waals surface area contributed by atoms with Crippen LogP contribution in [-0.4, -0.2) is 33.0 Å². The molecule has 140 valence electrons. The first-order valence-corrected chi connectivity index (χ1v) is 9.66. The molecule has 1 unspecified atom stereocenters. The highest BCUT2D eigenvalue weighted by Crippen LogP contribution is 2.29. The van der Waals surface area contributed by atoms with Crippen molar-refractivity contribution in [2.45, 2.75) is 10.1 Å². The van der Waals surface area contributed by atoms with Crippen molar-refractivity contribution in [2.75, 3.05) is 13.7 Å². The van der Waals surface area contributed by atoms with Crippen LogP contribution in [0, 0.1) is 0 Å². The lowest BCUT2D eigenvalue weighted by Crippen LogP contribution is -2.31. The summed E-state index contributed by atoms with van der Waals surface area (Å²) in [5.41, 5.74) is 0.480. The Bertz CT molecular complexity index is 984. The second-order valence-corrected chi connectivity index (χ2v) is 7.81. The van der Waals surface area contributed by atoms with Gasteiger partial charge in [-0.2, -0.15) is 0 Å². The van der Waals surface area contributed by atoms with Crippen molar-refractivity contribution in [2.24, 2.45) is 0 Å². The van der Waals surface area contributed by atoms with Crippen LogP contribution in [0.4, 0.5) is 0 Å². The van der Waals surface area contributed by atoms with Crippen molar-refractivity contribution in [3.63, 3.8) is 0 Å². The second-order valence-electron chi connectivity index (χ2n) is 5.68. The minimum Gasteiger partial charge on any atom is -0.497 e. The monoisotopic (exact) mass is 386 g/mol. The maximum atomic E-state index is 13.2. The topological polar surface area (TPSA) is 98.5 Å². The van der Waals surface area contributed by atoms with Gasteiger partial charge in [-0.15, -0.1) is 0 Å². The molecule has 2 aromatic heterocycles. The summed E-state index contributed by atoms with van der Waals surface area (Å²) in [6, 6.07) is 12.5. The summed E-state index contributed by atoms with van der Waals surface area (Å²) in [6.07, 6.45) is 4.41. The van der Waals surface area contributed by atoms with E-state index in [2.05, 4.69) is 10.3 Å². The van der Waals surface area contributed by atoms with E-state index in [4.69, 9.17) is 9.15 Å². The van der Waals surface area contributed by atoms with Crippen LogP contribution >= 0.6 is 0 Å². The normalized spacial score (nSPS) is 12.3. The van der Waals surface area contributed by atoms with E-state index >= 15 is 0 Å². The molecule has 1 N–H and O–H groups in total. The number of pyridine rings is 1. The quantitative estimate of drug-likeness (QED) is 0.670. The van der Waals surface area contributed by atoms with Crippen LogP contribution in [0.3, 0.4) is 0 Å². The second kappa shape index (κ2) is 8.05. The van der Waals surface area contributed by atoms with Gasteiger partial charge in [0.2, 0.25) is 0 Å². The molecule has 0 fully saturated rings. The number of methoxy groups -OCH3 is 1. The highest BCUT2D eigenvalue weighted by Gasteiger charge is 2.30. The molecule has 0 saturated heterocycles. The van der Waals surface area contributed by atoms with Crippen molar-refractivity contribution in [1.29, 1.82) is 0 Å². The summed E-state index contributed by atoms with van der Waals surface area (Å²) in [7, 11) is -2.28. The Hall–Kier alpha value is -3.13. The Kier molecular flexibility index (Phi) is 5.56. The first kappa shape index (κ1) is 18.7. The molecule has 1 aromatic carbocycles. The first-order chi connectivity index (χ1) is 13.0. The number of aromatic nitrogens is 1. The summed E-state index contributed by atoms with van der Waals surface area (Å²) < 4.78 is 36.5. The predicted molar refractivity (Wildman–Crippen MR) is 98.2 cm³/mol. The number of nitrogens with zero attached hydrogens (tertiary/aromatic N) is 1. The molecule has 27 heavy (non-hydrogen) atoms. The average Bonchev–Trinajstić information content (AvgIpc) is 3.23. The van der Waals surface area contributed by atoms with Crippen molar-refractivity contribution in [3.05, 3.63) is 78.5 Å². The minimum absolute atomic E-state index is 0.113. The maximum absolute atomic E-state index is 13.2. The number of furan rings is 1. The number of ether oxygens (including phenoxy) is 1. The molecule has 0 saturated carbocycles. The standard InChI is InChI=1S/C19H18N2O5S/c1-25-15-6-8-16(9-7-15)27(23,24)18(14-4-2-10-20-12-14)13-21-19(22)17-5-3-11-26-17/h2-12,18H,13H2,1H3,(H,21,22). The lowest BCUT2D eigenvalue weighted by molar-refractivity contribution is 0.0926. The number of hydrogen-bond donors (Lipinski definition) is 1. The van der Waals surface area contributed by atoms with Gasteiger partial charge in [0, 0.05) is 18.9 Å². The lowest BCUT2D eigenvalue weighted by atomic mass is 10.2. The highest BCUT2D eigenvalue weighted by atomic mass is 32.2. The fourth-order valence-corrected chi connectivity index (χ4v) is 4.23. The third-order valence-electron chi connectivity index (χ3n) is 4.01. The summed E-state index contributed by atoms with van der Waals surface area (Å²) in [4.78, 5) is 16.3. The first-order valence-electron chi connectivity index (χ1n) is 8.12. The summed E-state index contributed by atoms with van der Waals surface area (Å²) in [6.45, 7) is -0.125. The number of benzene rings is 1. The zero-order valence-electron chi connectivity index (χ0n) is 14.5. The van der Waals surface area contributed by atoms with Gasteiger partial charge in [0.25, 0.3) is 5.91 Å². The van der Waals surface area contributed by atoms with Crippen LogP contribution in [0.15, 0.2) is 76.5 Å². The van der Waals surface area contributed by atoms with Crippen LogP contribution in [0.1, 0.15) is 21.4 Å². The third kappa shape index (κ3) is 4.17. The molecular formula is C19H18N2O5S. The smallest absolute Gasteiger partial charge is 0.287 e. The van der Waals surface area contributed by atoms with Gasteiger partial charge < -0.3 is 14.5 Å². The van der Waals surface area contributed by atoms with Crippen molar-refractivity contribution >= 4 is 15.7 Å². The molecule has 0 aliphatic carbocycles. The minimum atomic E-state index is -3.78. The number of carbonyl (C=O) groups excluding carboxylic acids is 1. The van der Waals surface area contributed by atoms with E-state index in [1.807, 2.05) is 0 Å². The summed E-state index contributed by atoms with van der Waals surface area (Å²) in [5.74, 6) is 0.179. The number of hydrogen-bond acceptors (Lipinski definition) is 6. The van der Waals surface area contributed by atoms with Crippen molar-refractivity contribution in [3.8, 4) is 5.75 Å². The molecule has 0 spiro atoms. The Labute approximate surface area is 156 Å². The zero-order chi connectivity index (χ0) is 19.3. The van der Waals surface area contributed by atoms with Crippen LogP contribution in [0.5, 0.6) is 5.75 Å².